The number of amides is 1. The maximum absolute atomic E-state index is 12.5. The highest BCUT2D eigenvalue weighted by molar-refractivity contribution is 5.95. The van der Waals surface area contributed by atoms with Gasteiger partial charge in [-0.05, 0) is 24.0 Å². The number of benzene rings is 1. The molecule has 2 heterocycles. The van der Waals surface area contributed by atoms with Crippen molar-refractivity contribution in [3.8, 4) is 5.75 Å². The number of rotatable bonds is 7. The van der Waals surface area contributed by atoms with E-state index in [1.165, 1.54) is 6.07 Å². The summed E-state index contributed by atoms with van der Waals surface area (Å²) in [4.78, 5) is 36.1. The first-order chi connectivity index (χ1) is 13.7. The van der Waals surface area contributed by atoms with E-state index in [-0.39, 0.29) is 54.5 Å². The minimum absolute atomic E-state index is 0.102. The summed E-state index contributed by atoms with van der Waals surface area (Å²) in [5.74, 6) is -1.64. The van der Waals surface area contributed by atoms with E-state index in [2.05, 4.69) is 5.32 Å². The van der Waals surface area contributed by atoms with E-state index in [0.29, 0.717) is 18.4 Å². The predicted octanol–water partition coefficient (Wildman–Crippen LogP) is 1.32. The van der Waals surface area contributed by atoms with Crippen molar-refractivity contribution in [1.82, 2.24) is 5.32 Å². The highest BCUT2D eigenvalue weighted by Crippen LogP contribution is 2.30. The van der Waals surface area contributed by atoms with Crippen molar-refractivity contribution in [1.29, 1.82) is 0 Å². The molecule has 1 saturated heterocycles. The molecule has 0 unspecified atom stereocenters. The fourth-order valence-electron chi connectivity index (χ4n) is 3.88. The summed E-state index contributed by atoms with van der Waals surface area (Å²) < 4.78 is 10.4. The molecule has 0 aliphatic carbocycles. The van der Waals surface area contributed by atoms with E-state index in [1.807, 2.05) is 13.8 Å². The average Bonchev–Trinajstić information content (AvgIpc) is 3.07. The van der Waals surface area contributed by atoms with Crippen LogP contribution >= 0.6 is 0 Å². The number of nitrogens with one attached hydrogen (secondary N) is 1. The van der Waals surface area contributed by atoms with Crippen LogP contribution in [0, 0.1) is 11.8 Å². The Morgan fingerprint density at radius 1 is 1.28 bits per heavy atom. The standard InChI is InChI=1S/C21H27NO7/c1-11(2)6-14(22-18(25)9-16(24)13-8-19(26)28-10-13)17-7-12-4-3-5-15(23)20(12)21(27)29-17/h3-5,11,13-14,16-17,23-24H,6-10H2,1-2H3,(H,22,25)/t13-,14+,16-,17+/m1/s1. The summed E-state index contributed by atoms with van der Waals surface area (Å²) in [5, 5.41) is 23.1. The number of aliphatic hydroxyl groups excluding tert-OH is 1. The van der Waals surface area contributed by atoms with Crippen LogP contribution in [0.1, 0.15) is 49.0 Å². The topological polar surface area (TPSA) is 122 Å². The molecule has 3 rings (SSSR count). The Balaban J connectivity index is 1.67. The molecule has 0 spiro atoms. The Hall–Kier alpha value is -2.61. The van der Waals surface area contributed by atoms with Gasteiger partial charge in [0.15, 0.2) is 0 Å². The number of phenols is 1. The lowest BCUT2D eigenvalue weighted by molar-refractivity contribution is -0.138. The third-order valence-electron chi connectivity index (χ3n) is 5.36. The molecule has 1 aromatic rings. The van der Waals surface area contributed by atoms with Gasteiger partial charge in [0.2, 0.25) is 5.91 Å². The van der Waals surface area contributed by atoms with Gasteiger partial charge in [0.05, 0.1) is 31.6 Å². The summed E-state index contributed by atoms with van der Waals surface area (Å²) >= 11 is 0. The van der Waals surface area contributed by atoms with Crippen molar-refractivity contribution in [2.45, 2.75) is 57.8 Å². The molecule has 0 radical (unpaired) electrons. The zero-order valence-corrected chi connectivity index (χ0v) is 16.6. The molecule has 1 aromatic carbocycles. The number of cyclic esters (lactones) is 2. The molecule has 4 atom stereocenters. The Kier molecular flexibility index (Phi) is 6.42. The van der Waals surface area contributed by atoms with E-state index in [9.17, 15) is 24.6 Å². The van der Waals surface area contributed by atoms with Crippen molar-refractivity contribution in [2.24, 2.45) is 11.8 Å². The lowest BCUT2D eigenvalue weighted by Gasteiger charge is -2.33. The SMILES string of the molecule is CC(C)C[C@H](NC(=O)C[C@@H](O)[C@H]1COC(=O)C1)[C@@H]1Cc2cccc(O)c2C(=O)O1. The van der Waals surface area contributed by atoms with Crippen LogP contribution in [0.5, 0.6) is 5.75 Å². The Morgan fingerprint density at radius 2 is 2.03 bits per heavy atom. The van der Waals surface area contributed by atoms with E-state index >= 15 is 0 Å². The zero-order valence-electron chi connectivity index (χ0n) is 16.6. The average molecular weight is 405 g/mol. The van der Waals surface area contributed by atoms with Gasteiger partial charge in [-0.25, -0.2) is 4.79 Å². The predicted molar refractivity (Wildman–Crippen MR) is 102 cm³/mol. The van der Waals surface area contributed by atoms with Gasteiger partial charge >= 0.3 is 11.9 Å². The van der Waals surface area contributed by atoms with Crippen LogP contribution in [0.3, 0.4) is 0 Å². The normalized spacial score (nSPS) is 23.2. The summed E-state index contributed by atoms with van der Waals surface area (Å²) in [7, 11) is 0. The van der Waals surface area contributed by atoms with E-state index in [4.69, 9.17) is 9.47 Å². The summed E-state index contributed by atoms with van der Waals surface area (Å²) in [6, 6.07) is 4.43. The molecule has 0 aromatic heterocycles. The van der Waals surface area contributed by atoms with E-state index in [0.717, 1.165) is 0 Å². The largest absolute Gasteiger partial charge is 0.507 e. The number of aliphatic hydroxyl groups is 1. The maximum atomic E-state index is 12.5. The summed E-state index contributed by atoms with van der Waals surface area (Å²) in [6.45, 7) is 4.11. The van der Waals surface area contributed by atoms with Crippen LogP contribution < -0.4 is 5.32 Å². The van der Waals surface area contributed by atoms with E-state index in [1.54, 1.807) is 12.1 Å². The Labute approximate surface area is 169 Å². The van der Waals surface area contributed by atoms with Gasteiger partial charge in [-0.1, -0.05) is 26.0 Å². The number of fused-ring (bicyclic) bond motifs is 1. The molecule has 158 valence electrons. The quantitative estimate of drug-likeness (QED) is 0.585. The van der Waals surface area contributed by atoms with Gasteiger partial charge in [-0.2, -0.15) is 0 Å². The van der Waals surface area contributed by atoms with Crippen molar-refractivity contribution in [3.05, 3.63) is 29.3 Å². The van der Waals surface area contributed by atoms with Gasteiger partial charge in [0.1, 0.15) is 17.4 Å². The summed E-state index contributed by atoms with van der Waals surface area (Å²) in [5.41, 5.74) is 0.843. The number of aromatic hydroxyl groups is 1. The lowest BCUT2D eigenvalue weighted by atomic mass is 9.90. The van der Waals surface area contributed by atoms with Crippen LogP contribution in [0.2, 0.25) is 0 Å². The maximum Gasteiger partial charge on any atom is 0.342 e. The number of ether oxygens (including phenoxy) is 2. The molecule has 3 N–H and O–H groups in total. The van der Waals surface area contributed by atoms with Crippen LogP contribution in [0.25, 0.3) is 0 Å². The van der Waals surface area contributed by atoms with Crippen molar-refractivity contribution >= 4 is 17.8 Å². The van der Waals surface area contributed by atoms with Crippen molar-refractivity contribution < 1.29 is 34.1 Å². The first-order valence-corrected chi connectivity index (χ1v) is 9.89. The number of hydrogen-bond acceptors (Lipinski definition) is 7. The van der Waals surface area contributed by atoms with Gasteiger partial charge in [0, 0.05) is 12.3 Å². The van der Waals surface area contributed by atoms with Gasteiger partial charge < -0.3 is 25.0 Å². The molecule has 2 aliphatic heterocycles. The summed E-state index contributed by atoms with van der Waals surface area (Å²) in [6.07, 6.45) is -0.651. The van der Waals surface area contributed by atoms with Gasteiger partial charge in [0.25, 0.3) is 0 Å². The highest BCUT2D eigenvalue weighted by atomic mass is 16.5. The number of phenolic OH excluding ortho intramolecular Hbond substituents is 1. The Morgan fingerprint density at radius 3 is 2.69 bits per heavy atom. The van der Waals surface area contributed by atoms with Crippen LogP contribution in [0.4, 0.5) is 0 Å². The second kappa shape index (κ2) is 8.82. The minimum atomic E-state index is -0.979. The van der Waals surface area contributed by atoms with E-state index < -0.39 is 24.2 Å². The number of hydrogen-bond donors (Lipinski definition) is 3. The first kappa shape index (κ1) is 21.1. The number of carbonyl (C=O) groups excluding carboxylic acids is 3. The first-order valence-electron chi connectivity index (χ1n) is 9.89. The molecular formula is C21H27NO7. The third-order valence-corrected chi connectivity index (χ3v) is 5.36. The second-order valence-corrected chi connectivity index (χ2v) is 8.18. The highest BCUT2D eigenvalue weighted by Gasteiger charge is 2.36. The fourth-order valence-corrected chi connectivity index (χ4v) is 3.88. The second-order valence-electron chi connectivity index (χ2n) is 8.18. The zero-order chi connectivity index (χ0) is 21.1. The molecule has 8 heteroatoms. The molecule has 1 amide bonds. The van der Waals surface area contributed by atoms with Crippen LogP contribution in [0.15, 0.2) is 18.2 Å². The van der Waals surface area contributed by atoms with Gasteiger partial charge in [-0.15, -0.1) is 0 Å². The third kappa shape index (κ3) is 5.06. The van der Waals surface area contributed by atoms with Crippen molar-refractivity contribution in [2.75, 3.05) is 6.61 Å². The number of esters is 2. The molecule has 8 nitrogen and oxygen atoms in total. The molecule has 2 aliphatic rings. The van der Waals surface area contributed by atoms with Crippen LogP contribution in [-0.2, 0) is 25.5 Å². The molecule has 1 fully saturated rings. The molecule has 29 heavy (non-hydrogen) atoms. The molecular weight excluding hydrogens is 378 g/mol. The monoisotopic (exact) mass is 405 g/mol. The smallest absolute Gasteiger partial charge is 0.342 e. The minimum Gasteiger partial charge on any atom is -0.507 e. The van der Waals surface area contributed by atoms with Crippen LogP contribution in [-0.4, -0.2) is 52.9 Å². The van der Waals surface area contributed by atoms with Crippen molar-refractivity contribution in [3.63, 3.8) is 0 Å². The lowest BCUT2D eigenvalue weighted by Crippen LogP contribution is -2.49. The molecule has 0 saturated carbocycles. The number of carbonyl (C=O) groups is 3. The molecule has 0 bridgehead atoms. The Bertz CT molecular complexity index is 791. The van der Waals surface area contributed by atoms with Gasteiger partial charge in [-0.3, -0.25) is 9.59 Å². The fraction of sp³-hybridized carbons (Fsp3) is 0.571.